The highest BCUT2D eigenvalue weighted by Crippen LogP contribution is 2.19. The van der Waals surface area contributed by atoms with Crippen molar-refractivity contribution in [3.8, 4) is 0 Å². The quantitative estimate of drug-likeness (QED) is 0.816. The van der Waals surface area contributed by atoms with Crippen LogP contribution >= 0.6 is 11.6 Å². The van der Waals surface area contributed by atoms with Gasteiger partial charge in [-0.2, -0.15) is 5.10 Å². The molecule has 0 aliphatic carbocycles. The highest BCUT2D eigenvalue weighted by Gasteiger charge is 2.15. The highest BCUT2D eigenvalue weighted by atomic mass is 35.5. The molecule has 23 heavy (non-hydrogen) atoms. The Morgan fingerprint density at radius 1 is 1.26 bits per heavy atom. The topological polar surface area (TPSA) is 50.1 Å². The molecule has 0 aliphatic heterocycles. The van der Waals surface area contributed by atoms with E-state index in [1.807, 2.05) is 42.8 Å². The number of aliphatic hydroxyl groups is 1. The fourth-order valence-corrected chi connectivity index (χ4v) is 2.75. The normalized spacial score (nSPS) is 14.0. The van der Waals surface area contributed by atoms with Crippen LogP contribution in [0, 0.1) is 19.8 Å². The molecule has 2 atom stereocenters. The number of nitrogens with one attached hydrogen (secondary N) is 1. The summed E-state index contributed by atoms with van der Waals surface area (Å²) in [7, 11) is 0. The van der Waals surface area contributed by atoms with Gasteiger partial charge in [0, 0.05) is 35.5 Å². The number of nitrogens with zero attached hydrogens (tertiary/aromatic N) is 2. The van der Waals surface area contributed by atoms with E-state index >= 15 is 0 Å². The lowest BCUT2D eigenvalue weighted by atomic mass is 10.0. The molecule has 2 N–H and O–H groups in total. The number of hydrogen-bond donors (Lipinski definition) is 2. The minimum Gasteiger partial charge on any atom is -0.396 e. The molecule has 0 bridgehead atoms. The molecule has 2 rings (SSSR count). The molecule has 0 radical (unpaired) electrons. The van der Waals surface area contributed by atoms with E-state index in [4.69, 9.17) is 11.6 Å². The summed E-state index contributed by atoms with van der Waals surface area (Å²) in [6, 6.07) is 8.12. The molecule has 0 spiro atoms. The number of halogens is 1. The third-order valence-electron chi connectivity index (χ3n) is 4.55. The van der Waals surface area contributed by atoms with Gasteiger partial charge in [-0.15, -0.1) is 0 Å². The highest BCUT2D eigenvalue weighted by molar-refractivity contribution is 6.31. The van der Waals surface area contributed by atoms with E-state index in [0.717, 1.165) is 28.5 Å². The third kappa shape index (κ3) is 4.34. The average Bonchev–Trinajstić information content (AvgIpc) is 2.80. The summed E-state index contributed by atoms with van der Waals surface area (Å²) < 4.78 is 2.01. The second kappa shape index (κ2) is 7.95. The number of rotatable bonds is 7. The number of benzene rings is 1. The van der Waals surface area contributed by atoms with Gasteiger partial charge in [0.25, 0.3) is 0 Å². The van der Waals surface area contributed by atoms with Crippen LogP contribution in [0.1, 0.15) is 36.4 Å². The Hall–Kier alpha value is -1.36. The van der Waals surface area contributed by atoms with Crippen LogP contribution in [-0.4, -0.2) is 27.5 Å². The van der Waals surface area contributed by atoms with E-state index in [9.17, 15) is 5.11 Å². The second-order valence-electron chi connectivity index (χ2n) is 6.23. The predicted octanol–water partition coefficient (Wildman–Crippen LogP) is 3.31. The first-order valence-electron chi connectivity index (χ1n) is 8.04. The Labute approximate surface area is 143 Å². The summed E-state index contributed by atoms with van der Waals surface area (Å²) >= 11 is 6.25. The molecule has 0 aliphatic rings. The fraction of sp³-hybridized carbons (Fsp3) is 0.500. The summed E-state index contributed by atoms with van der Waals surface area (Å²) in [4.78, 5) is 0. The number of aliphatic hydroxyl groups excluding tert-OH is 1. The summed E-state index contributed by atoms with van der Waals surface area (Å²) in [5.74, 6) is 0.230. The van der Waals surface area contributed by atoms with Crippen LogP contribution in [-0.2, 0) is 13.1 Å². The first-order chi connectivity index (χ1) is 10.9. The van der Waals surface area contributed by atoms with Crippen molar-refractivity contribution < 1.29 is 5.11 Å². The van der Waals surface area contributed by atoms with Crippen molar-refractivity contribution in [1.82, 2.24) is 15.1 Å². The van der Waals surface area contributed by atoms with Crippen molar-refractivity contribution in [2.45, 2.75) is 46.8 Å². The lowest BCUT2D eigenvalue weighted by Gasteiger charge is -2.19. The third-order valence-corrected chi connectivity index (χ3v) is 4.92. The predicted molar refractivity (Wildman–Crippen MR) is 94.8 cm³/mol. The first kappa shape index (κ1) is 18.0. The van der Waals surface area contributed by atoms with Gasteiger partial charge >= 0.3 is 0 Å². The zero-order valence-corrected chi connectivity index (χ0v) is 15.1. The molecule has 1 aromatic heterocycles. The number of hydrogen-bond acceptors (Lipinski definition) is 3. The maximum absolute atomic E-state index is 9.24. The van der Waals surface area contributed by atoms with E-state index in [1.54, 1.807) is 0 Å². The zero-order chi connectivity index (χ0) is 17.0. The largest absolute Gasteiger partial charge is 0.396 e. The van der Waals surface area contributed by atoms with Gasteiger partial charge in [-0.3, -0.25) is 4.68 Å². The van der Waals surface area contributed by atoms with Gasteiger partial charge in [0.15, 0.2) is 0 Å². The van der Waals surface area contributed by atoms with Crippen molar-refractivity contribution in [2.24, 2.45) is 5.92 Å². The zero-order valence-electron chi connectivity index (χ0n) is 14.3. The van der Waals surface area contributed by atoms with Gasteiger partial charge < -0.3 is 10.4 Å². The summed E-state index contributed by atoms with van der Waals surface area (Å²) in [6.07, 6.45) is 0. The smallest absolute Gasteiger partial charge is 0.0677 e. The maximum Gasteiger partial charge on any atom is 0.0677 e. The maximum atomic E-state index is 9.24. The Bertz CT molecular complexity index is 654. The molecule has 1 aromatic carbocycles. The second-order valence-corrected chi connectivity index (χ2v) is 6.64. The molecule has 1 heterocycles. The Morgan fingerprint density at radius 3 is 2.61 bits per heavy atom. The minimum absolute atomic E-state index is 0.192. The van der Waals surface area contributed by atoms with E-state index in [1.165, 1.54) is 5.56 Å². The fourth-order valence-electron chi connectivity index (χ4n) is 2.55. The summed E-state index contributed by atoms with van der Waals surface area (Å²) in [6.45, 7) is 9.89. The molecule has 126 valence electrons. The van der Waals surface area contributed by atoms with E-state index in [0.29, 0.717) is 6.54 Å². The molecule has 0 saturated carbocycles. The molecular weight excluding hydrogens is 310 g/mol. The Morgan fingerprint density at radius 2 is 1.96 bits per heavy atom. The SMILES string of the molecule is Cc1nn(Cc2ccccc2Cl)c(C)c1CNC(C)C(C)CO. The number of aromatic nitrogens is 2. The van der Waals surface area contributed by atoms with Crippen molar-refractivity contribution in [2.75, 3.05) is 6.61 Å². The molecule has 2 aromatic rings. The Kier molecular flexibility index (Phi) is 6.22. The van der Waals surface area contributed by atoms with Crippen molar-refractivity contribution >= 4 is 11.6 Å². The average molecular weight is 336 g/mol. The van der Waals surface area contributed by atoms with E-state index in [2.05, 4.69) is 24.3 Å². The van der Waals surface area contributed by atoms with Crippen LogP contribution in [0.3, 0.4) is 0 Å². The van der Waals surface area contributed by atoms with Crippen molar-refractivity contribution in [1.29, 1.82) is 0 Å². The Balaban J connectivity index is 2.12. The van der Waals surface area contributed by atoms with Gasteiger partial charge in [0.05, 0.1) is 12.2 Å². The lowest BCUT2D eigenvalue weighted by molar-refractivity contribution is 0.207. The van der Waals surface area contributed by atoms with Gasteiger partial charge in [0.1, 0.15) is 0 Å². The van der Waals surface area contributed by atoms with Gasteiger partial charge in [-0.25, -0.2) is 0 Å². The van der Waals surface area contributed by atoms with Crippen LogP contribution in [0.5, 0.6) is 0 Å². The van der Waals surface area contributed by atoms with Gasteiger partial charge in [-0.05, 0) is 38.3 Å². The molecule has 5 heteroatoms. The first-order valence-corrected chi connectivity index (χ1v) is 8.42. The lowest BCUT2D eigenvalue weighted by Crippen LogP contribution is -2.33. The van der Waals surface area contributed by atoms with E-state index < -0.39 is 0 Å². The van der Waals surface area contributed by atoms with Crippen LogP contribution in [0.4, 0.5) is 0 Å². The molecule has 2 unspecified atom stereocenters. The molecule has 4 nitrogen and oxygen atoms in total. The molecule has 0 saturated heterocycles. The summed E-state index contributed by atoms with van der Waals surface area (Å²) in [5, 5.41) is 18.1. The van der Waals surface area contributed by atoms with Crippen molar-refractivity contribution in [3.63, 3.8) is 0 Å². The van der Waals surface area contributed by atoms with Crippen LogP contribution in [0.25, 0.3) is 0 Å². The van der Waals surface area contributed by atoms with Crippen LogP contribution < -0.4 is 5.32 Å². The van der Waals surface area contributed by atoms with Crippen molar-refractivity contribution in [3.05, 3.63) is 51.8 Å². The van der Waals surface area contributed by atoms with Crippen LogP contribution in [0.2, 0.25) is 5.02 Å². The molecule has 0 fully saturated rings. The van der Waals surface area contributed by atoms with Gasteiger partial charge in [0.2, 0.25) is 0 Å². The minimum atomic E-state index is 0.192. The van der Waals surface area contributed by atoms with E-state index in [-0.39, 0.29) is 18.6 Å². The molecular formula is C18H26ClN3O. The van der Waals surface area contributed by atoms with Crippen LogP contribution in [0.15, 0.2) is 24.3 Å². The number of aryl methyl sites for hydroxylation is 1. The van der Waals surface area contributed by atoms with Gasteiger partial charge in [-0.1, -0.05) is 36.7 Å². The molecule has 0 amide bonds. The standard InChI is InChI=1S/C18H26ClN3O/c1-12(11-23)13(2)20-9-17-14(3)21-22(15(17)4)10-16-7-5-6-8-18(16)19/h5-8,12-13,20,23H,9-11H2,1-4H3. The monoisotopic (exact) mass is 335 g/mol. The summed E-state index contributed by atoms with van der Waals surface area (Å²) in [5.41, 5.74) is 4.47.